The first-order chi connectivity index (χ1) is 15.0. The lowest BCUT2D eigenvalue weighted by Gasteiger charge is -2.30. The molecule has 0 saturated heterocycles. The minimum atomic E-state index is -0.597. The second-order valence-corrected chi connectivity index (χ2v) is 9.78. The van der Waals surface area contributed by atoms with Crippen LogP contribution in [0.3, 0.4) is 0 Å². The van der Waals surface area contributed by atoms with Gasteiger partial charge < -0.3 is 18.9 Å². The molecule has 6 nitrogen and oxygen atoms in total. The number of esters is 2. The van der Waals surface area contributed by atoms with Crippen LogP contribution >= 0.6 is 0 Å². The fraction of sp³-hybridized carbons (Fsp3) is 0.840. The summed E-state index contributed by atoms with van der Waals surface area (Å²) < 4.78 is 23.2. The number of hydrogen-bond donors (Lipinski definition) is 0. The van der Waals surface area contributed by atoms with Crippen LogP contribution in [0.2, 0.25) is 0 Å². The van der Waals surface area contributed by atoms with Gasteiger partial charge in [-0.15, -0.1) is 0 Å². The second kappa shape index (κ2) is 10.5. The number of allylic oxidation sites excluding steroid dienone is 1. The molecule has 5 unspecified atom stereocenters. The molecule has 174 valence electrons. The molecule has 6 heteroatoms. The van der Waals surface area contributed by atoms with E-state index in [0.29, 0.717) is 0 Å². The van der Waals surface area contributed by atoms with Crippen LogP contribution in [0, 0.1) is 17.8 Å². The Kier molecular flexibility index (Phi) is 7.70. The van der Waals surface area contributed by atoms with Crippen molar-refractivity contribution in [3.63, 3.8) is 0 Å². The highest BCUT2D eigenvalue weighted by Crippen LogP contribution is 2.49. The van der Waals surface area contributed by atoms with Gasteiger partial charge in [-0.3, -0.25) is 9.59 Å². The monoisotopic (exact) mass is 434 g/mol. The molecule has 0 aromatic heterocycles. The largest absolute Gasteiger partial charge is 0.436 e. The molecule has 3 saturated carbocycles. The van der Waals surface area contributed by atoms with Gasteiger partial charge in [0.05, 0.1) is 24.0 Å². The van der Waals surface area contributed by atoms with E-state index in [1.807, 2.05) is 0 Å². The quantitative estimate of drug-likeness (QED) is 0.303. The smallest absolute Gasteiger partial charge is 0.316 e. The first kappa shape index (κ1) is 22.8. The molecule has 2 bridgehead atoms. The summed E-state index contributed by atoms with van der Waals surface area (Å²) in [5.74, 6) is -1.60. The molecule has 4 aliphatic rings. The average molecular weight is 435 g/mol. The molecule has 0 aromatic carbocycles. The van der Waals surface area contributed by atoms with Crippen LogP contribution in [0.15, 0.2) is 11.6 Å². The Bertz CT molecular complexity index is 661. The summed E-state index contributed by atoms with van der Waals surface area (Å²) in [7, 11) is 0. The van der Waals surface area contributed by atoms with E-state index in [0.717, 1.165) is 56.9 Å². The highest BCUT2D eigenvalue weighted by atomic mass is 16.7. The Morgan fingerprint density at radius 1 is 0.806 bits per heavy atom. The van der Waals surface area contributed by atoms with Crippen molar-refractivity contribution in [3.8, 4) is 0 Å². The summed E-state index contributed by atoms with van der Waals surface area (Å²) in [6, 6.07) is 0. The number of hydrogen-bond acceptors (Lipinski definition) is 6. The summed E-state index contributed by atoms with van der Waals surface area (Å²) in [6.07, 6.45) is 14.1. The van der Waals surface area contributed by atoms with Gasteiger partial charge >= 0.3 is 11.9 Å². The van der Waals surface area contributed by atoms with Gasteiger partial charge in [-0.2, -0.15) is 0 Å². The Morgan fingerprint density at radius 2 is 1.32 bits per heavy atom. The van der Waals surface area contributed by atoms with Crippen LogP contribution in [0.5, 0.6) is 0 Å². The molecule has 0 spiro atoms. The Balaban J connectivity index is 1.31. The maximum Gasteiger partial charge on any atom is 0.316 e. The molecule has 0 aromatic rings. The molecule has 0 radical (unpaired) electrons. The first-order valence-electron chi connectivity index (χ1n) is 12.4. The lowest BCUT2D eigenvalue weighted by atomic mass is 9.83. The lowest BCUT2D eigenvalue weighted by Crippen LogP contribution is -2.38. The first-order valence-corrected chi connectivity index (χ1v) is 12.4. The van der Waals surface area contributed by atoms with E-state index in [-0.39, 0.29) is 30.1 Å². The van der Waals surface area contributed by atoms with Crippen molar-refractivity contribution in [3.05, 3.63) is 11.6 Å². The van der Waals surface area contributed by atoms with E-state index in [9.17, 15) is 9.59 Å². The zero-order valence-corrected chi connectivity index (χ0v) is 19.1. The zero-order valence-electron chi connectivity index (χ0n) is 19.1. The highest BCUT2D eigenvalue weighted by molar-refractivity contribution is 5.86. The molecule has 3 fully saturated rings. The van der Waals surface area contributed by atoms with Crippen molar-refractivity contribution in [1.82, 2.24) is 0 Å². The predicted octanol–water partition coefficient (Wildman–Crippen LogP) is 5.05. The van der Waals surface area contributed by atoms with E-state index in [1.54, 1.807) is 13.8 Å². The summed E-state index contributed by atoms with van der Waals surface area (Å²) in [4.78, 5) is 26.1. The molecular weight excluding hydrogens is 396 g/mol. The number of fused-ring (bicyclic) bond motifs is 2. The zero-order chi connectivity index (χ0) is 21.8. The number of carbonyl (C=O) groups is 2. The molecule has 4 rings (SSSR count). The van der Waals surface area contributed by atoms with Gasteiger partial charge in [-0.1, -0.05) is 50.2 Å². The molecular formula is C25H38O6. The average Bonchev–Trinajstić information content (AvgIpc) is 3.36. The van der Waals surface area contributed by atoms with E-state index >= 15 is 0 Å². The minimum absolute atomic E-state index is 0.122. The summed E-state index contributed by atoms with van der Waals surface area (Å²) in [5.41, 5.74) is 1.02. The predicted molar refractivity (Wildman–Crippen MR) is 115 cm³/mol. The number of ether oxygens (including phenoxy) is 4. The lowest BCUT2D eigenvalue weighted by molar-refractivity contribution is -0.202. The van der Waals surface area contributed by atoms with Crippen molar-refractivity contribution in [2.45, 2.75) is 116 Å². The van der Waals surface area contributed by atoms with E-state index in [4.69, 9.17) is 18.9 Å². The van der Waals surface area contributed by atoms with E-state index in [1.165, 1.54) is 25.7 Å². The topological polar surface area (TPSA) is 71.1 Å². The normalized spacial score (nSPS) is 31.2. The van der Waals surface area contributed by atoms with Crippen LogP contribution < -0.4 is 0 Å². The Hall–Kier alpha value is -1.40. The van der Waals surface area contributed by atoms with Crippen LogP contribution in [-0.4, -0.2) is 36.7 Å². The molecule has 4 aliphatic carbocycles. The Labute approximate surface area is 186 Å². The van der Waals surface area contributed by atoms with Gasteiger partial charge in [0.2, 0.25) is 0 Å². The van der Waals surface area contributed by atoms with Crippen molar-refractivity contribution in [2.24, 2.45) is 17.8 Å². The number of rotatable bonds is 8. The molecule has 31 heavy (non-hydrogen) atoms. The van der Waals surface area contributed by atoms with Crippen LogP contribution in [0.4, 0.5) is 0 Å². The maximum absolute atomic E-state index is 13.0. The van der Waals surface area contributed by atoms with Gasteiger partial charge in [0.1, 0.15) is 0 Å². The molecule has 0 amide bonds. The van der Waals surface area contributed by atoms with Crippen molar-refractivity contribution >= 4 is 11.9 Å². The van der Waals surface area contributed by atoms with Gasteiger partial charge in [0, 0.05) is 0 Å². The van der Waals surface area contributed by atoms with Gasteiger partial charge in [-0.25, -0.2) is 0 Å². The SMILES string of the molecule is CC(OC(=O)C1C2=CCC(C2)C1C(=O)OC(C)OC1CCCCC1)OC1CCCCC1. The Morgan fingerprint density at radius 3 is 1.87 bits per heavy atom. The van der Waals surface area contributed by atoms with Crippen molar-refractivity contribution in [1.29, 1.82) is 0 Å². The van der Waals surface area contributed by atoms with E-state index < -0.39 is 24.4 Å². The van der Waals surface area contributed by atoms with Crippen molar-refractivity contribution in [2.75, 3.05) is 0 Å². The highest BCUT2D eigenvalue weighted by Gasteiger charge is 2.52. The third-order valence-corrected chi connectivity index (χ3v) is 7.41. The van der Waals surface area contributed by atoms with Crippen LogP contribution in [-0.2, 0) is 28.5 Å². The summed E-state index contributed by atoms with van der Waals surface area (Å²) in [6.45, 7) is 3.56. The number of carbonyl (C=O) groups excluding carboxylic acids is 2. The summed E-state index contributed by atoms with van der Waals surface area (Å²) in [5, 5.41) is 0. The van der Waals surface area contributed by atoms with Crippen LogP contribution in [0.1, 0.15) is 90.9 Å². The van der Waals surface area contributed by atoms with Gasteiger partial charge in [0.25, 0.3) is 0 Å². The second-order valence-electron chi connectivity index (χ2n) is 9.78. The van der Waals surface area contributed by atoms with Gasteiger partial charge in [0.15, 0.2) is 12.6 Å². The minimum Gasteiger partial charge on any atom is -0.436 e. The van der Waals surface area contributed by atoms with Gasteiger partial charge in [-0.05, 0) is 58.3 Å². The van der Waals surface area contributed by atoms with E-state index in [2.05, 4.69) is 6.08 Å². The standard InChI is InChI=1S/C25H38O6/c1-16(28-20-9-5-3-6-10-20)30-24(26)22-18-13-14-19(15-18)23(22)25(27)31-17(2)29-21-11-7-4-8-12-21/h13,16-17,19-23H,3-12,14-15H2,1-2H3. The molecule has 0 aliphatic heterocycles. The molecule has 0 heterocycles. The third-order valence-electron chi connectivity index (χ3n) is 7.41. The molecule has 5 atom stereocenters. The van der Waals surface area contributed by atoms with Crippen LogP contribution in [0.25, 0.3) is 0 Å². The fourth-order valence-corrected chi connectivity index (χ4v) is 5.91. The fourth-order valence-electron chi connectivity index (χ4n) is 5.91. The third kappa shape index (κ3) is 5.70. The summed E-state index contributed by atoms with van der Waals surface area (Å²) >= 11 is 0. The molecule has 0 N–H and O–H groups in total. The maximum atomic E-state index is 13.0. The van der Waals surface area contributed by atoms with Crippen molar-refractivity contribution < 1.29 is 28.5 Å².